The Morgan fingerprint density at radius 2 is 1.74 bits per heavy atom. The van der Waals surface area contributed by atoms with Gasteiger partial charge in [0.15, 0.2) is 0 Å². The number of rotatable bonds is 11. The zero-order valence-electron chi connectivity index (χ0n) is 14.1. The summed E-state index contributed by atoms with van der Waals surface area (Å²) in [6, 6.07) is 0. The SMILES string of the molecule is CCCCCCCCCC(=O)OC1(OC)C=CC=CC1C(=O)O. The van der Waals surface area contributed by atoms with Crippen LogP contribution in [0.3, 0.4) is 0 Å². The maximum Gasteiger partial charge on any atom is 0.317 e. The molecule has 1 N–H and O–H groups in total. The molecule has 0 heterocycles. The largest absolute Gasteiger partial charge is 0.481 e. The van der Waals surface area contributed by atoms with Crippen molar-refractivity contribution < 1.29 is 24.2 Å². The third-order valence-corrected chi connectivity index (χ3v) is 4.02. The maximum atomic E-state index is 12.0. The molecule has 2 unspecified atom stereocenters. The molecule has 0 saturated heterocycles. The number of allylic oxidation sites excluding steroid dienone is 2. The van der Waals surface area contributed by atoms with Gasteiger partial charge in [-0.05, 0) is 12.5 Å². The lowest BCUT2D eigenvalue weighted by Crippen LogP contribution is -2.46. The second-order valence-corrected chi connectivity index (χ2v) is 5.83. The second-order valence-electron chi connectivity index (χ2n) is 5.83. The summed E-state index contributed by atoms with van der Waals surface area (Å²) in [6.45, 7) is 2.18. The number of esters is 1. The van der Waals surface area contributed by atoms with E-state index in [0.717, 1.165) is 19.3 Å². The third kappa shape index (κ3) is 6.18. The van der Waals surface area contributed by atoms with Crippen LogP contribution in [0.15, 0.2) is 24.3 Å². The highest BCUT2D eigenvalue weighted by molar-refractivity contribution is 5.76. The van der Waals surface area contributed by atoms with Crippen molar-refractivity contribution in [2.75, 3.05) is 7.11 Å². The molecule has 0 amide bonds. The Hall–Kier alpha value is -1.62. The molecule has 0 spiro atoms. The van der Waals surface area contributed by atoms with Gasteiger partial charge in [-0.3, -0.25) is 9.59 Å². The van der Waals surface area contributed by atoms with Gasteiger partial charge in [0, 0.05) is 13.5 Å². The summed E-state index contributed by atoms with van der Waals surface area (Å²) >= 11 is 0. The van der Waals surface area contributed by atoms with E-state index < -0.39 is 23.6 Å². The van der Waals surface area contributed by atoms with Gasteiger partial charge >= 0.3 is 11.9 Å². The Bertz CT molecular complexity index is 441. The number of carbonyl (C=O) groups excluding carboxylic acids is 1. The average molecular weight is 324 g/mol. The number of unbranched alkanes of at least 4 members (excludes halogenated alkanes) is 6. The third-order valence-electron chi connectivity index (χ3n) is 4.02. The molecule has 0 aliphatic heterocycles. The van der Waals surface area contributed by atoms with E-state index in [1.165, 1.54) is 44.9 Å². The molecule has 0 aromatic heterocycles. The zero-order chi connectivity index (χ0) is 17.1. The van der Waals surface area contributed by atoms with Gasteiger partial charge in [-0.1, -0.05) is 63.7 Å². The van der Waals surface area contributed by atoms with Crippen molar-refractivity contribution in [1.82, 2.24) is 0 Å². The number of carbonyl (C=O) groups is 2. The van der Waals surface area contributed by atoms with E-state index in [-0.39, 0.29) is 6.42 Å². The first-order valence-corrected chi connectivity index (χ1v) is 8.41. The van der Waals surface area contributed by atoms with E-state index in [1.54, 1.807) is 12.2 Å². The molecule has 5 heteroatoms. The number of hydrogen-bond donors (Lipinski definition) is 1. The monoisotopic (exact) mass is 324 g/mol. The van der Waals surface area contributed by atoms with Crippen LogP contribution in [0.5, 0.6) is 0 Å². The topological polar surface area (TPSA) is 72.8 Å². The minimum atomic E-state index is -1.54. The molecule has 0 aromatic carbocycles. The number of carboxylic acid groups (broad SMARTS) is 1. The fourth-order valence-corrected chi connectivity index (χ4v) is 2.65. The first-order valence-electron chi connectivity index (χ1n) is 8.41. The maximum absolute atomic E-state index is 12.0. The number of methoxy groups -OCH3 is 1. The molecule has 0 fully saturated rings. The van der Waals surface area contributed by atoms with Crippen LogP contribution < -0.4 is 0 Å². The van der Waals surface area contributed by atoms with E-state index in [0.29, 0.717) is 0 Å². The van der Waals surface area contributed by atoms with Gasteiger partial charge in [0.25, 0.3) is 5.79 Å². The van der Waals surface area contributed by atoms with Crippen LogP contribution in [0.25, 0.3) is 0 Å². The fourth-order valence-electron chi connectivity index (χ4n) is 2.65. The van der Waals surface area contributed by atoms with Crippen LogP contribution in [0.1, 0.15) is 58.3 Å². The van der Waals surface area contributed by atoms with Gasteiger partial charge in [0.1, 0.15) is 5.92 Å². The van der Waals surface area contributed by atoms with Crippen molar-refractivity contribution in [1.29, 1.82) is 0 Å². The van der Waals surface area contributed by atoms with Crippen LogP contribution in [-0.2, 0) is 19.1 Å². The van der Waals surface area contributed by atoms with Crippen molar-refractivity contribution in [3.8, 4) is 0 Å². The first kappa shape index (κ1) is 19.4. The Labute approximate surface area is 138 Å². The summed E-state index contributed by atoms with van der Waals surface area (Å²) in [6.07, 6.45) is 14.2. The van der Waals surface area contributed by atoms with Crippen LogP contribution in [0.4, 0.5) is 0 Å². The van der Waals surface area contributed by atoms with Gasteiger partial charge in [-0.2, -0.15) is 0 Å². The summed E-state index contributed by atoms with van der Waals surface area (Å²) in [7, 11) is 1.35. The summed E-state index contributed by atoms with van der Waals surface area (Å²) in [5, 5.41) is 9.28. The summed E-state index contributed by atoms with van der Waals surface area (Å²) in [5.74, 6) is -4.09. The molecule has 130 valence electrons. The van der Waals surface area contributed by atoms with Crippen molar-refractivity contribution in [3.05, 3.63) is 24.3 Å². The van der Waals surface area contributed by atoms with E-state index in [9.17, 15) is 14.7 Å². The minimum Gasteiger partial charge on any atom is -0.481 e. The smallest absolute Gasteiger partial charge is 0.317 e. The highest BCUT2D eigenvalue weighted by Gasteiger charge is 2.45. The number of ether oxygens (including phenoxy) is 2. The second kappa shape index (κ2) is 10.2. The standard InChI is InChI=1S/C18H28O5/c1-3-4-5-6-7-8-9-13-16(19)23-18(22-2)14-11-10-12-15(18)17(20)21/h10-12,14-15H,3-9,13H2,1-2H3,(H,20,21). The molecule has 0 radical (unpaired) electrons. The van der Waals surface area contributed by atoms with E-state index >= 15 is 0 Å². The molecule has 5 nitrogen and oxygen atoms in total. The molecule has 0 bridgehead atoms. The Balaban J connectivity index is 2.40. The van der Waals surface area contributed by atoms with Crippen LogP contribution >= 0.6 is 0 Å². The molecule has 0 saturated carbocycles. The number of hydrogen-bond acceptors (Lipinski definition) is 4. The van der Waals surface area contributed by atoms with Crippen molar-refractivity contribution in [3.63, 3.8) is 0 Å². The molecular weight excluding hydrogens is 296 g/mol. The molecular formula is C18H28O5. The van der Waals surface area contributed by atoms with Gasteiger partial charge < -0.3 is 14.6 Å². The Kier molecular flexibility index (Phi) is 8.62. The van der Waals surface area contributed by atoms with Crippen molar-refractivity contribution >= 4 is 11.9 Å². The van der Waals surface area contributed by atoms with Crippen LogP contribution in [0, 0.1) is 5.92 Å². The summed E-state index contributed by atoms with van der Waals surface area (Å²) in [5.41, 5.74) is 0. The average Bonchev–Trinajstić information content (AvgIpc) is 2.54. The first-order chi connectivity index (χ1) is 11.1. The van der Waals surface area contributed by atoms with E-state index in [1.807, 2.05) is 0 Å². The lowest BCUT2D eigenvalue weighted by Gasteiger charge is -2.34. The van der Waals surface area contributed by atoms with Crippen molar-refractivity contribution in [2.24, 2.45) is 5.92 Å². The predicted octanol–water partition coefficient (Wildman–Crippen LogP) is 3.84. The summed E-state index contributed by atoms with van der Waals surface area (Å²) in [4.78, 5) is 23.4. The predicted molar refractivity (Wildman–Crippen MR) is 87.8 cm³/mol. The fraction of sp³-hybridized carbons (Fsp3) is 0.667. The quantitative estimate of drug-likeness (QED) is 0.355. The highest BCUT2D eigenvalue weighted by atomic mass is 16.7. The van der Waals surface area contributed by atoms with Gasteiger partial charge in [-0.25, -0.2) is 0 Å². The molecule has 23 heavy (non-hydrogen) atoms. The minimum absolute atomic E-state index is 0.281. The van der Waals surface area contributed by atoms with Gasteiger partial charge in [-0.15, -0.1) is 0 Å². The lowest BCUT2D eigenvalue weighted by molar-refractivity contribution is -0.218. The zero-order valence-corrected chi connectivity index (χ0v) is 14.1. The molecule has 1 aliphatic carbocycles. The van der Waals surface area contributed by atoms with Crippen LogP contribution in [-0.4, -0.2) is 29.9 Å². The van der Waals surface area contributed by atoms with Gasteiger partial charge in [0.2, 0.25) is 0 Å². The normalized spacial score (nSPS) is 23.0. The van der Waals surface area contributed by atoms with Crippen LogP contribution in [0.2, 0.25) is 0 Å². The Morgan fingerprint density at radius 1 is 1.09 bits per heavy atom. The highest BCUT2D eigenvalue weighted by Crippen LogP contribution is 2.30. The van der Waals surface area contributed by atoms with Crippen molar-refractivity contribution in [2.45, 2.75) is 64.1 Å². The molecule has 0 aromatic rings. The summed E-state index contributed by atoms with van der Waals surface area (Å²) < 4.78 is 10.6. The molecule has 1 rings (SSSR count). The Morgan fingerprint density at radius 3 is 2.35 bits per heavy atom. The number of carboxylic acids is 1. The lowest BCUT2D eigenvalue weighted by atomic mass is 9.93. The molecule has 1 aliphatic rings. The van der Waals surface area contributed by atoms with Gasteiger partial charge in [0.05, 0.1) is 0 Å². The van der Waals surface area contributed by atoms with E-state index in [4.69, 9.17) is 9.47 Å². The van der Waals surface area contributed by atoms with E-state index in [2.05, 4.69) is 6.92 Å². The molecule has 2 atom stereocenters. The number of aliphatic carboxylic acids is 1.